The van der Waals surface area contributed by atoms with E-state index in [4.69, 9.17) is 14.2 Å². The van der Waals surface area contributed by atoms with Crippen molar-refractivity contribution in [2.45, 2.75) is 6.92 Å². The molecule has 1 heterocycles. The molecule has 0 atom stereocenters. The summed E-state index contributed by atoms with van der Waals surface area (Å²) in [6, 6.07) is 9.58. The molecule has 0 saturated heterocycles. The maximum atomic E-state index is 11.8. The van der Waals surface area contributed by atoms with Crippen LogP contribution >= 0.6 is 0 Å². The highest BCUT2D eigenvalue weighted by atomic mass is 16.5. The van der Waals surface area contributed by atoms with Crippen molar-refractivity contribution in [2.24, 2.45) is 7.05 Å². The van der Waals surface area contributed by atoms with Crippen molar-refractivity contribution >= 4 is 11.9 Å². The Labute approximate surface area is 155 Å². The molecule has 9 heteroatoms. The minimum atomic E-state index is -0.786. The summed E-state index contributed by atoms with van der Waals surface area (Å²) in [5.74, 6) is 0.155. The zero-order valence-electron chi connectivity index (χ0n) is 15.1. The van der Waals surface area contributed by atoms with Gasteiger partial charge in [0.25, 0.3) is 11.5 Å². The average Bonchev–Trinajstić information content (AvgIpc) is 2.67. The van der Waals surface area contributed by atoms with Crippen LogP contribution < -0.4 is 20.3 Å². The molecule has 0 aliphatic heterocycles. The van der Waals surface area contributed by atoms with Crippen LogP contribution in [0, 0.1) is 0 Å². The molecule has 0 aliphatic carbocycles. The predicted molar refractivity (Wildman–Crippen MR) is 95.9 cm³/mol. The van der Waals surface area contributed by atoms with Gasteiger partial charge in [0.2, 0.25) is 0 Å². The van der Waals surface area contributed by atoms with Crippen LogP contribution in [0.1, 0.15) is 17.4 Å². The lowest BCUT2D eigenvalue weighted by Gasteiger charge is -2.09. The third-order valence-electron chi connectivity index (χ3n) is 3.33. The fourth-order valence-electron chi connectivity index (χ4n) is 2.03. The van der Waals surface area contributed by atoms with Gasteiger partial charge in [-0.25, -0.2) is 9.48 Å². The first kappa shape index (κ1) is 20.0. The summed E-state index contributed by atoms with van der Waals surface area (Å²) < 4.78 is 16.7. The lowest BCUT2D eigenvalue weighted by atomic mass is 10.3. The maximum Gasteiger partial charge on any atom is 0.359 e. The van der Waals surface area contributed by atoms with E-state index >= 15 is 0 Å². The van der Waals surface area contributed by atoms with Crippen molar-refractivity contribution in [3.05, 3.63) is 52.4 Å². The number of carbonyl (C=O) groups is 2. The molecule has 9 nitrogen and oxygen atoms in total. The highest BCUT2D eigenvalue weighted by molar-refractivity contribution is 5.89. The van der Waals surface area contributed by atoms with Crippen molar-refractivity contribution in [1.29, 1.82) is 0 Å². The van der Waals surface area contributed by atoms with Gasteiger partial charge in [-0.15, -0.1) is 0 Å². The summed E-state index contributed by atoms with van der Waals surface area (Å²) in [5.41, 5.74) is -0.402. The molecular formula is C18H21N3O6. The number of benzene rings is 1. The Hall–Kier alpha value is -3.36. The summed E-state index contributed by atoms with van der Waals surface area (Å²) >= 11 is 0. The van der Waals surface area contributed by atoms with Crippen LogP contribution in [0.3, 0.4) is 0 Å². The largest absolute Gasteiger partial charge is 0.494 e. The molecule has 1 aromatic carbocycles. The molecule has 0 radical (unpaired) electrons. The van der Waals surface area contributed by atoms with E-state index in [-0.39, 0.29) is 24.4 Å². The smallest absolute Gasteiger partial charge is 0.359 e. The van der Waals surface area contributed by atoms with E-state index in [1.54, 1.807) is 24.3 Å². The summed E-state index contributed by atoms with van der Waals surface area (Å²) in [5, 5.41) is 6.32. The molecule has 0 unspecified atom stereocenters. The van der Waals surface area contributed by atoms with Crippen molar-refractivity contribution in [3.63, 3.8) is 0 Å². The molecule has 1 N–H and O–H groups in total. The number of nitrogens with zero attached hydrogens (tertiary/aromatic N) is 2. The van der Waals surface area contributed by atoms with Crippen LogP contribution in [-0.4, -0.2) is 48.0 Å². The minimum absolute atomic E-state index is 0.0521. The van der Waals surface area contributed by atoms with Gasteiger partial charge in [0.15, 0.2) is 12.3 Å². The van der Waals surface area contributed by atoms with Gasteiger partial charge >= 0.3 is 5.97 Å². The number of hydrogen-bond donors (Lipinski definition) is 1. The SMILES string of the molecule is CCOc1ccc(OCCNC(=O)COC(=O)c2ccc(=O)n(C)n2)cc1. The van der Waals surface area contributed by atoms with Gasteiger partial charge in [0.05, 0.1) is 13.2 Å². The van der Waals surface area contributed by atoms with E-state index in [1.165, 1.54) is 19.2 Å². The third kappa shape index (κ3) is 6.46. The van der Waals surface area contributed by atoms with Crippen LogP contribution in [-0.2, 0) is 16.6 Å². The first-order valence-corrected chi connectivity index (χ1v) is 8.33. The molecule has 2 aromatic rings. The summed E-state index contributed by atoms with van der Waals surface area (Å²) in [6.07, 6.45) is 0. The molecule has 0 bridgehead atoms. The number of ether oxygens (including phenoxy) is 3. The first-order valence-electron chi connectivity index (χ1n) is 8.33. The molecule has 144 valence electrons. The third-order valence-corrected chi connectivity index (χ3v) is 3.33. The number of aryl methyl sites for hydroxylation is 1. The molecule has 0 fully saturated rings. The Morgan fingerprint density at radius 2 is 1.74 bits per heavy atom. The number of nitrogens with one attached hydrogen (secondary N) is 1. The van der Waals surface area contributed by atoms with Gasteiger partial charge in [-0.3, -0.25) is 9.59 Å². The topological polar surface area (TPSA) is 109 Å². The number of hydrogen-bond acceptors (Lipinski definition) is 7. The van der Waals surface area contributed by atoms with Crippen molar-refractivity contribution in [3.8, 4) is 11.5 Å². The Balaban J connectivity index is 1.66. The van der Waals surface area contributed by atoms with E-state index in [1.807, 2.05) is 6.92 Å². The first-order chi connectivity index (χ1) is 13.0. The summed E-state index contributed by atoms with van der Waals surface area (Å²) in [7, 11) is 1.41. The molecule has 0 spiro atoms. The molecule has 0 saturated carbocycles. The lowest BCUT2D eigenvalue weighted by Crippen LogP contribution is -2.32. The molecule has 1 aromatic heterocycles. The molecule has 2 rings (SSSR count). The van der Waals surface area contributed by atoms with Crippen molar-refractivity contribution < 1.29 is 23.8 Å². The van der Waals surface area contributed by atoms with Gasteiger partial charge in [-0.2, -0.15) is 5.10 Å². The van der Waals surface area contributed by atoms with E-state index in [0.29, 0.717) is 12.4 Å². The van der Waals surface area contributed by atoms with Crippen molar-refractivity contribution in [1.82, 2.24) is 15.1 Å². The number of amides is 1. The fourth-order valence-corrected chi connectivity index (χ4v) is 2.03. The zero-order chi connectivity index (χ0) is 19.6. The van der Waals surface area contributed by atoms with E-state index in [9.17, 15) is 14.4 Å². The number of carbonyl (C=O) groups excluding carboxylic acids is 2. The van der Waals surface area contributed by atoms with Gasteiger partial charge in [-0.1, -0.05) is 0 Å². The Morgan fingerprint density at radius 3 is 2.37 bits per heavy atom. The summed E-state index contributed by atoms with van der Waals surface area (Å²) in [4.78, 5) is 34.7. The number of rotatable bonds is 9. The molecular weight excluding hydrogens is 354 g/mol. The monoisotopic (exact) mass is 375 g/mol. The normalized spacial score (nSPS) is 10.1. The van der Waals surface area contributed by atoms with Crippen LogP contribution in [0.15, 0.2) is 41.2 Å². The quantitative estimate of drug-likeness (QED) is 0.503. The highest BCUT2D eigenvalue weighted by Gasteiger charge is 2.12. The summed E-state index contributed by atoms with van der Waals surface area (Å²) in [6.45, 7) is 2.56. The average molecular weight is 375 g/mol. The lowest BCUT2D eigenvalue weighted by molar-refractivity contribution is -0.124. The van der Waals surface area contributed by atoms with Crippen molar-refractivity contribution in [2.75, 3.05) is 26.4 Å². The van der Waals surface area contributed by atoms with Crippen LogP contribution in [0.25, 0.3) is 0 Å². The number of esters is 1. The molecule has 27 heavy (non-hydrogen) atoms. The predicted octanol–water partition coefficient (Wildman–Crippen LogP) is 0.531. The van der Waals surface area contributed by atoms with E-state index in [2.05, 4.69) is 10.4 Å². The van der Waals surface area contributed by atoms with Gasteiger partial charge < -0.3 is 19.5 Å². The van der Waals surface area contributed by atoms with Gasteiger partial charge in [0, 0.05) is 13.1 Å². The fraction of sp³-hybridized carbons (Fsp3) is 0.333. The van der Waals surface area contributed by atoms with E-state index < -0.39 is 18.5 Å². The second-order valence-corrected chi connectivity index (χ2v) is 5.36. The maximum absolute atomic E-state index is 11.8. The van der Waals surface area contributed by atoms with Crippen LogP contribution in [0.4, 0.5) is 0 Å². The zero-order valence-corrected chi connectivity index (χ0v) is 15.1. The van der Waals surface area contributed by atoms with Crippen LogP contribution in [0.2, 0.25) is 0 Å². The Kier molecular flexibility index (Phi) is 7.36. The molecule has 1 amide bonds. The van der Waals surface area contributed by atoms with E-state index in [0.717, 1.165) is 10.4 Å². The minimum Gasteiger partial charge on any atom is -0.494 e. The highest BCUT2D eigenvalue weighted by Crippen LogP contribution is 2.17. The van der Waals surface area contributed by atoms with Gasteiger partial charge in [0.1, 0.15) is 18.1 Å². The number of aromatic nitrogens is 2. The second-order valence-electron chi connectivity index (χ2n) is 5.36. The molecule has 0 aliphatic rings. The Bertz CT molecular complexity index is 832. The standard InChI is InChI=1S/C18H21N3O6/c1-3-25-13-4-6-14(7-5-13)26-11-10-19-16(22)12-27-18(24)15-8-9-17(23)21(2)20-15/h4-9H,3,10-12H2,1-2H3,(H,19,22). The second kappa shape index (κ2) is 9.95. The van der Waals surface area contributed by atoms with Crippen LogP contribution in [0.5, 0.6) is 11.5 Å². The Morgan fingerprint density at radius 1 is 1.07 bits per heavy atom. The van der Waals surface area contributed by atoms with Gasteiger partial charge in [-0.05, 0) is 37.3 Å².